The maximum Gasteiger partial charge on any atom is 0.248 e. The molecular weight excluding hydrogens is 478 g/mol. The van der Waals surface area contributed by atoms with Crippen molar-refractivity contribution in [1.82, 2.24) is 15.6 Å². The van der Waals surface area contributed by atoms with Crippen LogP contribution in [0.5, 0.6) is 5.75 Å². The number of benzene rings is 1. The number of amides is 2. The Morgan fingerprint density at radius 1 is 1.17 bits per heavy atom. The maximum atomic E-state index is 12.1. The van der Waals surface area contributed by atoms with Gasteiger partial charge >= 0.3 is 0 Å². The van der Waals surface area contributed by atoms with E-state index < -0.39 is 0 Å². The molecule has 1 aliphatic heterocycles. The summed E-state index contributed by atoms with van der Waals surface area (Å²) >= 11 is 1.72. The van der Waals surface area contributed by atoms with E-state index in [0.717, 1.165) is 69.2 Å². The molecule has 0 aliphatic carbocycles. The van der Waals surface area contributed by atoms with Crippen LogP contribution in [0, 0.1) is 5.92 Å². The fourth-order valence-electron chi connectivity index (χ4n) is 5.01. The number of aryl methyl sites for hydroxylation is 1. The number of carbonyl (C=O) groups is 2. The summed E-state index contributed by atoms with van der Waals surface area (Å²) in [5.74, 6) is 5.62. The molecule has 3 rings (SSSR count). The SMILES string of the molecule is CCc1c(SC)[nH]c2c(N3CCC(CCNC(=O)CCCCCNC(=O)CON)CC3)c(O)ccc12. The molecule has 2 amide bonds. The van der Waals surface area contributed by atoms with Crippen LogP contribution >= 0.6 is 11.8 Å². The first-order chi connectivity index (χ1) is 17.5. The van der Waals surface area contributed by atoms with E-state index >= 15 is 0 Å². The molecule has 10 heteroatoms. The number of phenolic OH excluding ortho intramolecular Hbond substituents is 1. The van der Waals surface area contributed by atoms with E-state index in [1.807, 2.05) is 12.1 Å². The smallest absolute Gasteiger partial charge is 0.248 e. The van der Waals surface area contributed by atoms with Crippen molar-refractivity contribution in [3.8, 4) is 5.75 Å². The maximum absolute atomic E-state index is 12.1. The number of phenols is 1. The second kappa shape index (κ2) is 14.3. The zero-order valence-corrected chi connectivity index (χ0v) is 22.3. The van der Waals surface area contributed by atoms with Crippen LogP contribution in [0.25, 0.3) is 10.9 Å². The third kappa shape index (κ3) is 7.54. The number of nitrogens with two attached hydrogens (primary N) is 1. The van der Waals surface area contributed by atoms with Crippen LogP contribution in [0.2, 0.25) is 0 Å². The molecule has 9 nitrogen and oxygen atoms in total. The average Bonchev–Trinajstić information content (AvgIpc) is 3.24. The van der Waals surface area contributed by atoms with Gasteiger partial charge < -0.3 is 25.6 Å². The Morgan fingerprint density at radius 2 is 1.92 bits per heavy atom. The number of carbonyl (C=O) groups excluding carboxylic acids is 2. The summed E-state index contributed by atoms with van der Waals surface area (Å²) in [5, 5.41) is 18.8. The van der Waals surface area contributed by atoms with E-state index in [-0.39, 0.29) is 18.4 Å². The number of piperidine rings is 1. The van der Waals surface area contributed by atoms with Crippen molar-refractivity contribution < 1.29 is 19.5 Å². The summed E-state index contributed by atoms with van der Waals surface area (Å²) in [6.45, 7) is 5.10. The number of unbranched alkanes of at least 4 members (excludes halogenated alkanes) is 2. The third-order valence-corrected chi connectivity index (χ3v) is 7.73. The fraction of sp³-hybridized carbons (Fsp3) is 0.615. The van der Waals surface area contributed by atoms with E-state index in [1.54, 1.807) is 11.8 Å². The topological polar surface area (TPSA) is 133 Å². The number of fused-ring (bicyclic) bond motifs is 1. The summed E-state index contributed by atoms with van der Waals surface area (Å²) in [6, 6.07) is 3.85. The molecule has 1 fully saturated rings. The van der Waals surface area contributed by atoms with E-state index in [4.69, 9.17) is 5.90 Å². The molecule has 1 aromatic heterocycles. The van der Waals surface area contributed by atoms with Gasteiger partial charge in [0.05, 0.1) is 10.5 Å². The van der Waals surface area contributed by atoms with Crippen LogP contribution < -0.4 is 21.4 Å². The summed E-state index contributed by atoms with van der Waals surface area (Å²) in [6.07, 6.45) is 9.13. The number of thioether (sulfide) groups is 1. The van der Waals surface area contributed by atoms with Crippen molar-refractivity contribution >= 4 is 40.2 Å². The van der Waals surface area contributed by atoms with Crippen LogP contribution in [-0.4, -0.2) is 60.9 Å². The number of hydrogen-bond donors (Lipinski definition) is 5. The van der Waals surface area contributed by atoms with Gasteiger partial charge in [-0.3, -0.25) is 14.4 Å². The van der Waals surface area contributed by atoms with Gasteiger partial charge in [0.2, 0.25) is 11.8 Å². The Hall–Kier alpha value is -2.43. The van der Waals surface area contributed by atoms with Crippen LogP contribution in [0.4, 0.5) is 5.69 Å². The van der Waals surface area contributed by atoms with Crippen molar-refractivity contribution in [2.45, 2.75) is 63.3 Å². The van der Waals surface area contributed by atoms with Gasteiger partial charge in [-0.1, -0.05) is 13.3 Å². The van der Waals surface area contributed by atoms with Crippen molar-refractivity contribution in [3.05, 3.63) is 17.7 Å². The van der Waals surface area contributed by atoms with Gasteiger partial charge in [-0.05, 0) is 68.4 Å². The molecule has 1 aliphatic rings. The number of aromatic nitrogens is 1. The zero-order chi connectivity index (χ0) is 25.9. The van der Waals surface area contributed by atoms with E-state index in [1.165, 1.54) is 16.0 Å². The number of hydrogen-bond acceptors (Lipinski definition) is 7. The molecule has 200 valence electrons. The number of aromatic amines is 1. The highest BCUT2D eigenvalue weighted by Crippen LogP contribution is 2.41. The van der Waals surface area contributed by atoms with Gasteiger partial charge in [-0.25, -0.2) is 5.90 Å². The highest BCUT2D eigenvalue weighted by atomic mass is 32.2. The number of aromatic hydroxyl groups is 1. The molecule has 6 N–H and O–H groups in total. The van der Waals surface area contributed by atoms with Crippen LogP contribution in [0.1, 0.15) is 57.4 Å². The molecule has 2 aromatic rings. The lowest BCUT2D eigenvalue weighted by Crippen LogP contribution is -2.35. The summed E-state index contributed by atoms with van der Waals surface area (Å²) < 4.78 is 0. The van der Waals surface area contributed by atoms with E-state index in [9.17, 15) is 14.7 Å². The number of anilines is 1. The Morgan fingerprint density at radius 3 is 2.61 bits per heavy atom. The Bertz CT molecular complexity index is 1000. The molecule has 0 bridgehead atoms. The minimum absolute atomic E-state index is 0.0904. The first-order valence-corrected chi connectivity index (χ1v) is 14.2. The van der Waals surface area contributed by atoms with Gasteiger partial charge in [-0.15, -0.1) is 11.8 Å². The first kappa shape index (κ1) is 28.1. The van der Waals surface area contributed by atoms with Crippen molar-refractivity contribution in [1.29, 1.82) is 0 Å². The van der Waals surface area contributed by atoms with Crippen LogP contribution in [-0.2, 0) is 20.8 Å². The van der Waals surface area contributed by atoms with Gasteiger partial charge in [0.25, 0.3) is 0 Å². The fourth-order valence-corrected chi connectivity index (χ4v) is 5.71. The predicted octanol–water partition coefficient (Wildman–Crippen LogP) is 3.45. The number of nitrogens with zero attached hydrogens (tertiary/aromatic N) is 1. The quantitative estimate of drug-likeness (QED) is 0.147. The van der Waals surface area contributed by atoms with Gasteiger partial charge in [0, 0.05) is 38.0 Å². The van der Waals surface area contributed by atoms with Crippen LogP contribution in [0.3, 0.4) is 0 Å². The highest BCUT2D eigenvalue weighted by molar-refractivity contribution is 7.98. The summed E-state index contributed by atoms with van der Waals surface area (Å²) in [5.41, 5.74) is 3.27. The summed E-state index contributed by atoms with van der Waals surface area (Å²) in [4.78, 5) is 33.5. The lowest BCUT2D eigenvalue weighted by Gasteiger charge is -2.34. The van der Waals surface area contributed by atoms with Crippen molar-refractivity contribution in [2.75, 3.05) is 43.9 Å². The largest absolute Gasteiger partial charge is 0.506 e. The average molecular weight is 520 g/mol. The minimum atomic E-state index is -0.227. The lowest BCUT2D eigenvalue weighted by atomic mass is 9.93. The van der Waals surface area contributed by atoms with Gasteiger partial charge in [0.15, 0.2) is 0 Å². The van der Waals surface area contributed by atoms with Crippen LogP contribution in [0.15, 0.2) is 17.2 Å². The normalized spacial score (nSPS) is 14.4. The summed E-state index contributed by atoms with van der Waals surface area (Å²) in [7, 11) is 0. The first-order valence-electron chi connectivity index (χ1n) is 13.0. The molecule has 36 heavy (non-hydrogen) atoms. The van der Waals surface area contributed by atoms with E-state index in [2.05, 4.69) is 38.5 Å². The second-order valence-electron chi connectivity index (χ2n) is 9.39. The number of nitrogens with one attached hydrogen (secondary N) is 3. The molecule has 1 saturated heterocycles. The standard InChI is InChI=1S/C26H41N5O4S/c1-3-19-20-8-9-21(32)25(24(20)30-26(19)36-2)31-15-11-18(12-16-31)10-14-29-22(33)7-5-4-6-13-28-23(34)17-35-27/h8-9,18,30,32H,3-7,10-17,27H2,1-2H3,(H,28,34)(H,29,33). The number of H-pyrrole nitrogens is 1. The second-order valence-corrected chi connectivity index (χ2v) is 10.2. The molecule has 1 aromatic carbocycles. The third-order valence-electron chi connectivity index (χ3n) is 6.97. The molecule has 0 radical (unpaired) electrons. The predicted molar refractivity (Wildman–Crippen MR) is 145 cm³/mol. The Balaban J connectivity index is 1.37. The Labute approximate surface area is 217 Å². The molecule has 0 unspecified atom stereocenters. The minimum Gasteiger partial charge on any atom is -0.506 e. The number of rotatable bonds is 14. The van der Waals surface area contributed by atoms with Gasteiger partial charge in [-0.2, -0.15) is 0 Å². The molecule has 0 atom stereocenters. The molecule has 0 saturated carbocycles. The molecule has 0 spiro atoms. The van der Waals surface area contributed by atoms with Crippen molar-refractivity contribution in [3.63, 3.8) is 0 Å². The zero-order valence-electron chi connectivity index (χ0n) is 21.5. The molecule has 2 heterocycles. The van der Waals surface area contributed by atoms with Crippen molar-refractivity contribution in [2.24, 2.45) is 11.8 Å². The Kier molecular flexibility index (Phi) is 11.2. The van der Waals surface area contributed by atoms with E-state index in [0.29, 0.717) is 31.2 Å². The van der Waals surface area contributed by atoms with Gasteiger partial charge in [0.1, 0.15) is 18.0 Å². The highest BCUT2D eigenvalue weighted by Gasteiger charge is 2.24. The monoisotopic (exact) mass is 519 g/mol. The molecular formula is C26H41N5O4S. The lowest BCUT2D eigenvalue weighted by molar-refractivity contribution is -0.126.